The molecule has 0 bridgehead atoms. The molecule has 5 rings (SSSR count). The number of rotatable bonds is 5. The molecule has 4 fully saturated rings. The van der Waals surface area contributed by atoms with E-state index in [1.165, 1.54) is 55.7 Å². The van der Waals surface area contributed by atoms with E-state index in [9.17, 15) is 14.4 Å². The van der Waals surface area contributed by atoms with Crippen LogP contribution in [0.4, 0.5) is 10.5 Å². The highest BCUT2D eigenvalue weighted by molar-refractivity contribution is 6.32. The van der Waals surface area contributed by atoms with Crippen molar-refractivity contribution in [3.63, 3.8) is 0 Å². The number of anilines is 1. The number of hydrogen-bond acceptors (Lipinski definition) is 4. The number of nitrogens with two attached hydrogens (primary N) is 1. The number of amides is 4. The summed E-state index contributed by atoms with van der Waals surface area (Å²) in [5.41, 5.74) is 5.87. The summed E-state index contributed by atoms with van der Waals surface area (Å²) in [6.45, 7) is 3.78. The molecule has 3 saturated heterocycles. The molecule has 1 atom stereocenters. The average molecular weight is 395 g/mol. The minimum Gasteiger partial charge on any atom is -0.367 e. The summed E-state index contributed by atoms with van der Waals surface area (Å²) in [5.74, 6) is -1.35. The number of urea groups is 1. The van der Waals surface area contributed by atoms with E-state index in [0.29, 0.717) is 18.7 Å². The number of fused-ring (bicyclic) bond motifs is 1. The maximum absolute atomic E-state index is 13.1. The summed E-state index contributed by atoms with van der Waals surface area (Å²) in [5, 5.41) is 0. The van der Waals surface area contributed by atoms with Gasteiger partial charge in [-0.05, 0) is 62.9 Å². The van der Waals surface area contributed by atoms with E-state index in [1.807, 2.05) is 12.1 Å². The molecule has 7 nitrogen and oxygen atoms in total. The lowest BCUT2D eigenvalue weighted by molar-refractivity contribution is -0.134. The van der Waals surface area contributed by atoms with Gasteiger partial charge in [0.1, 0.15) is 0 Å². The van der Waals surface area contributed by atoms with Crippen molar-refractivity contribution in [1.82, 2.24) is 9.80 Å². The van der Waals surface area contributed by atoms with Gasteiger partial charge < -0.3 is 15.5 Å². The highest BCUT2D eigenvalue weighted by Crippen LogP contribution is 2.46. The zero-order valence-corrected chi connectivity index (χ0v) is 16.6. The van der Waals surface area contributed by atoms with Gasteiger partial charge in [-0.25, -0.2) is 9.69 Å². The van der Waals surface area contributed by atoms with Crippen molar-refractivity contribution in [2.45, 2.75) is 49.5 Å². The Morgan fingerprint density at radius 3 is 2.24 bits per heavy atom. The Hall–Kier alpha value is -2.41. The van der Waals surface area contributed by atoms with Gasteiger partial charge in [0.05, 0.1) is 5.69 Å². The fourth-order valence-corrected chi connectivity index (χ4v) is 5.56. The van der Waals surface area contributed by atoms with Crippen LogP contribution in [-0.2, 0) is 15.0 Å². The fourth-order valence-electron chi connectivity index (χ4n) is 5.56. The highest BCUT2D eigenvalue weighted by atomic mass is 16.2. The van der Waals surface area contributed by atoms with Crippen molar-refractivity contribution in [3.8, 4) is 0 Å². The number of nitrogens with zero attached hydrogens (tertiary/aromatic N) is 3. The van der Waals surface area contributed by atoms with Crippen molar-refractivity contribution in [2.24, 2.45) is 5.73 Å². The Morgan fingerprint density at radius 1 is 1.00 bits per heavy atom. The summed E-state index contributed by atoms with van der Waals surface area (Å²) in [6.07, 6.45) is 8.22. The molecule has 3 aliphatic heterocycles. The first kappa shape index (κ1) is 18.6. The molecule has 1 aromatic rings. The molecule has 0 spiro atoms. The predicted octanol–water partition coefficient (Wildman–Crippen LogP) is 1.80. The lowest BCUT2D eigenvalue weighted by Gasteiger charge is -2.45. The molecule has 153 valence electrons. The van der Waals surface area contributed by atoms with E-state index < -0.39 is 23.4 Å². The van der Waals surface area contributed by atoms with Crippen LogP contribution in [0.25, 0.3) is 0 Å². The normalized spacial score (nSPS) is 28.7. The molecule has 1 radical (unpaired) electrons. The van der Waals surface area contributed by atoms with Crippen LogP contribution in [0.2, 0.25) is 0 Å². The molecular formula is C22H27N4O3. The van der Waals surface area contributed by atoms with Crippen molar-refractivity contribution in [3.05, 3.63) is 36.2 Å². The van der Waals surface area contributed by atoms with Crippen LogP contribution in [0.3, 0.4) is 0 Å². The number of benzene rings is 1. The topological polar surface area (TPSA) is 86.9 Å². The van der Waals surface area contributed by atoms with Gasteiger partial charge in [-0.1, -0.05) is 18.6 Å². The third-order valence-electron chi connectivity index (χ3n) is 7.32. The Labute approximate surface area is 170 Å². The summed E-state index contributed by atoms with van der Waals surface area (Å²) < 4.78 is 0. The van der Waals surface area contributed by atoms with E-state index >= 15 is 0 Å². The summed E-state index contributed by atoms with van der Waals surface area (Å²) in [6, 6.07) is 7.31. The van der Waals surface area contributed by atoms with E-state index in [-0.39, 0.29) is 5.41 Å². The highest BCUT2D eigenvalue weighted by Gasteiger charge is 2.64. The van der Waals surface area contributed by atoms with E-state index in [4.69, 9.17) is 5.73 Å². The second-order valence-corrected chi connectivity index (χ2v) is 8.86. The Morgan fingerprint density at radius 2 is 1.69 bits per heavy atom. The Bertz CT molecular complexity index is 857. The number of imide groups is 1. The first-order valence-corrected chi connectivity index (χ1v) is 10.6. The molecule has 29 heavy (non-hydrogen) atoms. The van der Waals surface area contributed by atoms with Crippen LogP contribution >= 0.6 is 0 Å². The van der Waals surface area contributed by atoms with Gasteiger partial charge >= 0.3 is 6.03 Å². The van der Waals surface area contributed by atoms with Gasteiger partial charge in [-0.15, -0.1) is 0 Å². The minimum absolute atomic E-state index is 0.185. The zero-order chi connectivity index (χ0) is 20.2. The third kappa shape index (κ3) is 2.56. The van der Waals surface area contributed by atoms with Crippen LogP contribution in [0.5, 0.6) is 0 Å². The smallest absolute Gasteiger partial charge is 0.332 e. The molecule has 1 aliphatic carbocycles. The molecule has 1 aromatic carbocycles. The lowest BCUT2D eigenvalue weighted by atomic mass is 9.64. The molecule has 0 unspecified atom stereocenters. The third-order valence-corrected chi connectivity index (χ3v) is 7.32. The summed E-state index contributed by atoms with van der Waals surface area (Å²) in [7, 11) is 0. The van der Waals surface area contributed by atoms with Crippen LogP contribution in [0.15, 0.2) is 24.3 Å². The molecular weight excluding hydrogens is 368 g/mol. The minimum atomic E-state index is -1.62. The fraction of sp³-hybridized carbons (Fsp3) is 0.545. The second-order valence-electron chi connectivity index (χ2n) is 8.86. The van der Waals surface area contributed by atoms with E-state index in [1.54, 1.807) is 6.42 Å². The predicted molar refractivity (Wildman–Crippen MR) is 108 cm³/mol. The molecule has 2 N–H and O–H groups in total. The number of hydrogen-bond donors (Lipinski definition) is 1. The number of carbonyl (C=O) groups excluding carboxylic acids is 3. The Kier molecular flexibility index (Phi) is 4.21. The maximum Gasteiger partial charge on any atom is 0.332 e. The van der Waals surface area contributed by atoms with Gasteiger partial charge in [-0.3, -0.25) is 9.59 Å². The molecule has 7 heteroatoms. The van der Waals surface area contributed by atoms with Crippen LogP contribution in [0, 0.1) is 6.42 Å². The lowest BCUT2D eigenvalue weighted by Crippen LogP contribution is -2.55. The van der Waals surface area contributed by atoms with Crippen molar-refractivity contribution < 1.29 is 14.4 Å². The van der Waals surface area contributed by atoms with Gasteiger partial charge in [-0.2, -0.15) is 0 Å². The van der Waals surface area contributed by atoms with Gasteiger partial charge in [0.25, 0.3) is 11.8 Å². The van der Waals surface area contributed by atoms with Crippen LogP contribution < -0.4 is 10.6 Å². The van der Waals surface area contributed by atoms with Crippen molar-refractivity contribution in [2.75, 3.05) is 31.1 Å². The first-order valence-electron chi connectivity index (χ1n) is 10.6. The second kappa shape index (κ2) is 6.55. The monoisotopic (exact) mass is 395 g/mol. The van der Waals surface area contributed by atoms with Gasteiger partial charge in [0.2, 0.25) is 5.54 Å². The molecule has 1 saturated carbocycles. The van der Waals surface area contributed by atoms with Crippen molar-refractivity contribution in [1.29, 1.82) is 0 Å². The van der Waals surface area contributed by atoms with E-state index in [0.717, 1.165) is 11.4 Å². The maximum atomic E-state index is 13.1. The van der Waals surface area contributed by atoms with Crippen molar-refractivity contribution >= 4 is 23.5 Å². The standard InChI is InChI=1S/C22H27N4O3/c23-18(27)22-11-4-14-25(22)20(29)26(19(22)28)17-7-5-16(6-8-17)21(9-3-10-21)15-24-12-1-2-13-24/h5-8,11H,1-4,9-10,12-15H2,(H2,23,27)/t22-/m0/s1. The molecule has 3 heterocycles. The number of likely N-dealkylation sites (tertiary alicyclic amines) is 1. The molecule has 0 aromatic heterocycles. The van der Waals surface area contributed by atoms with Gasteiger partial charge in [0.15, 0.2) is 0 Å². The Balaban J connectivity index is 1.41. The number of primary amides is 1. The molecule has 4 aliphatic rings. The largest absolute Gasteiger partial charge is 0.367 e. The quantitative estimate of drug-likeness (QED) is 0.608. The average Bonchev–Trinajstić information content (AvgIpc) is 3.38. The SMILES string of the molecule is NC(=O)[C@]12[CH]CCN1C(=O)N(c1ccc(C3(CN4CCCC4)CCC3)cc1)C2=O. The summed E-state index contributed by atoms with van der Waals surface area (Å²) in [4.78, 5) is 43.0. The zero-order valence-electron chi connectivity index (χ0n) is 16.6. The molecule has 4 amide bonds. The van der Waals surface area contributed by atoms with Gasteiger partial charge in [0, 0.05) is 24.9 Å². The number of carbonyl (C=O) groups is 3. The summed E-state index contributed by atoms with van der Waals surface area (Å²) >= 11 is 0. The first-order chi connectivity index (χ1) is 14.0. The van der Waals surface area contributed by atoms with Crippen LogP contribution in [-0.4, -0.2) is 59.4 Å². The van der Waals surface area contributed by atoms with Crippen LogP contribution in [0.1, 0.15) is 44.1 Å². The van der Waals surface area contributed by atoms with E-state index in [2.05, 4.69) is 17.0 Å².